The molecule has 0 amide bonds. The predicted molar refractivity (Wildman–Crippen MR) is 71.5 cm³/mol. The Labute approximate surface area is 109 Å². The molecule has 0 bridgehead atoms. The summed E-state index contributed by atoms with van der Waals surface area (Å²) in [7, 11) is -3.49. The molecule has 102 valence electrons. The number of aromatic nitrogens is 1. The van der Waals surface area contributed by atoms with E-state index in [1.54, 1.807) is 12.3 Å². The quantitative estimate of drug-likeness (QED) is 0.778. The lowest BCUT2D eigenvalue weighted by molar-refractivity contribution is 0.275. The minimum atomic E-state index is -3.49. The van der Waals surface area contributed by atoms with Crippen LogP contribution in [0.25, 0.3) is 0 Å². The van der Waals surface area contributed by atoms with Crippen LogP contribution in [0.3, 0.4) is 0 Å². The highest BCUT2D eigenvalue weighted by Crippen LogP contribution is 2.24. The van der Waals surface area contributed by atoms with Crippen LogP contribution < -0.4 is 10.5 Å². The highest BCUT2D eigenvalue weighted by molar-refractivity contribution is 7.89. The molecule has 0 saturated heterocycles. The number of pyridine rings is 1. The van der Waals surface area contributed by atoms with E-state index >= 15 is 0 Å². The van der Waals surface area contributed by atoms with Crippen LogP contribution >= 0.6 is 0 Å². The summed E-state index contributed by atoms with van der Waals surface area (Å²) in [6, 6.07) is 3.13. The van der Waals surface area contributed by atoms with Crippen molar-refractivity contribution in [3.63, 3.8) is 0 Å². The topological polar surface area (TPSA) is 85.1 Å². The third-order valence-corrected chi connectivity index (χ3v) is 4.90. The molecule has 0 aliphatic heterocycles. The van der Waals surface area contributed by atoms with E-state index in [4.69, 9.17) is 5.73 Å². The van der Waals surface area contributed by atoms with E-state index in [0.717, 1.165) is 12.8 Å². The summed E-state index contributed by atoms with van der Waals surface area (Å²) in [5.41, 5.74) is 5.58. The van der Waals surface area contributed by atoms with Crippen molar-refractivity contribution in [2.24, 2.45) is 11.1 Å². The molecule has 1 aromatic heterocycles. The number of nitrogens with one attached hydrogen (secondary N) is 1. The fourth-order valence-corrected chi connectivity index (χ4v) is 2.82. The Hall–Kier alpha value is -0.980. The molecule has 0 radical (unpaired) electrons. The van der Waals surface area contributed by atoms with Gasteiger partial charge in [-0.2, -0.15) is 0 Å². The van der Waals surface area contributed by atoms with Gasteiger partial charge in [0.2, 0.25) is 10.0 Å². The van der Waals surface area contributed by atoms with Gasteiger partial charge in [-0.05, 0) is 36.9 Å². The molecule has 0 unspecified atom stereocenters. The highest BCUT2D eigenvalue weighted by Gasteiger charge is 2.27. The largest absolute Gasteiger partial charge is 0.330 e. The first-order valence-electron chi connectivity index (χ1n) is 6.09. The summed E-state index contributed by atoms with van der Waals surface area (Å²) in [5, 5.41) is 0. The molecule has 0 saturated carbocycles. The summed E-state index contributed by atoms with van der Waals surface area (Å²) in [4.78, 5) is 4.00. The van der Waals surface area contributed by atoms with Gasteiger partial charge in [-0.1, -0.05) is 13.8 Å². The Bertz CT molecular complexity index is 447. The van der Waals surface area contributed by atoms with Gasteiger partial charge in [0, 0.05) is 18.9 Å². The summed E-state index contributed by atoms with van der Waals surface area (Å²) >= 11 is 0. The van der Waals surface area contributed by atoms with Gasteiger partial charge in [-0.25, -0.2) is 13.1 Å². The van der Waals surface area contributed by atoms with E-state index in [0.29, 0.717) is 13.1 Å². The Morgan fingerprint density at radius 1 is 1.39 bits per heavy atom. The maximum Gasteiger partial charge on any atom is 0.242 e. The molecule has 1 rings (SSSR count). The molecule has 6 heteroatoms. The molecule has 0 aliphatic rings. The van der Waals surface area contributed by atoms with Crippen molar-refractivity contribution in [2.75, 3.05) is 13.1 Å². The van der Waals surface area contributed by atoms with E-state index in [2.05, 4.69) is 9.71 Å². The molecule has 0 fully saturated rings. The Balaban J connectivity index is 2.79. The van der Waals surface area contributed by atoms with Crippen LogP contribution in [0.2, 0.25) is 0 Å². The van der Waals surface area contributed by atoms with Crippen molar-refractivity contribution in [3.8, 4) is 0 Å². The second-order valence-electron chi connectivity index (χ2n) is 4.42. The van der Waals surface area contributed by atoms with Gasteiger partial charge in [0.25, 0.3) is 0 Å². The first-order chi connectivity index (χ1) is 8.49. The van der Waals surface area contributed by atoms with Gasteiger partial charge < -0.3 is 5.73 Å². The molecule has 0 aromatic carbocycles. The second kappa shape index (κ2) is 6.26. The van der Waals surface area contributed by atoms with Crippen LogP contribution in [0.5, 0.6) is 0 Å². The Kier molecular flexibility index (Phi) is 5.25. The first-order valence-corrected chi connectivity index (χ1v) is 7.58. The van der Waals surface area contributed by atoms with E-state index in [1.807, 2.05) is 13.8 Å². The fraction of sp³-hybridized carbons (Fsp3) is 0.583. The maximum absolute atomic E-state index is 12.0. The number of hydrogen-bond acceptors (Lipinski definition) is 4. The van der Waals surface area contributed by atoms with E-state index in [9.17, 15) is 8.42 Å². The van der Waals surface area contributed by atoms with Crippen molar-refractivity contribution in [2.45, 2.75) is 31.6 Å². The number of rotatable bonds is 7. The summed E-state index contributed by atoms with van der Waals surface area (Å²) in [6.07, 6.45) is 4.57. The van der Waals surface area contributed by atoms with Gasteiger partial charge in [0.1, 0.15) is 4.90 Å². The van der Waals surface area contributed by atoms with E-state index in [-0.39, 0.29) is 10.3 Å². The maximum atomic E-state index is 12.0. The van der Waals surface area contributed by atoms with Crippen molar-refractivity contribution < 1.29 is 8.42 Å². The lowest BCUT2D eigenvalue weighted by Crippen LogP contribution is -2.41. The van der Waals surface area contributed by atoms with Crippen molar-refractivity contribution in [1.82, 2.24) is 9.71 Å². The molecule has 3 N–H and O–H groups in total. The average molecular weight is 271 g/mol. The summed E-state index contributed by atoms with van der Waals surface area (Å²) in [6.45, 7) is 4.87. The van der Waals surface area contributed by atoms with E-state index < -0.39 is 10.0 Å². The number of nitrogens with zero attached hydrogens (tertiary/aromatic N) is 1. The normalized spacial score (nSPS) is 12.6. The lowest BCUT2D eigenvalue weighted by Gasteiger charge is -2.30. The van der Waals surface area contributed by atoms with Crippen LogP contribution in [-0.4, -0.2) is 26.5 Å². The Morgan fingerprint density at radius 3 is 2.50 bits per heavy atom. The van der Waals surface area contributed by atoms with Crippen molar-refractivity contribution in [3.05, 3.63) is 24.5 Å². The predicted octanol–water partition coefficient (Wildman–Crippen LogP) is 1.12. The SMILES string of the molecule is CCC(CC)(CN)CNS(=O)(=O)c1cccnc1. The van der Waals surface area contributed by atoms with Gasteiger partial charge in [-0.15, -0.1) is 0 Å². The minimum Gasteiger partial charge on any atom is -0.330 e. The standard InChI is InChI=1S/C12H21N3O2S/c1-3-12(4-2,9-13)10-15-18(16,17)11-6-5-7-14-8-11/h5-8,15H,3-4,9-10,13H2,1-2H3. The highest BCUT2D eigenvalue weighted by atomic mass is 32.2. The molecule has 18 heavy (non-hydrogen) atoms. The number of hydrogen-bond donors (Lipinski definition) is 2. The zero-order chi connectivity index (χ0) is 13.6. The second-order valence-corrected chi connectivity index (χ2v) is 6.19. The molecule has 5 nitrogen and oxygen atoms in total. The number of nitrogens with two attached hydrogens (primary N) is 1. The van der Waals surface area contributed by atoms with Gasteiger partial charge in [-0.3, -0.25) is 4.98 Å². The molecule has 1 aromatic rings. The Morgan fingerprint density at radius 2 is 2.06 bits per heavy atom. The van der Waals surface area contributed by atoms with Crippen LogP contribution in [-0.2, 0) is 10.0 Å². The van der Waals surface area contributed by atoms with Gasteiger partial charge in [0.15, 0.2) is 0 Å². The van der Waals surface area contributed by atoms with Crippen molar-refractivity contribution >= 4 is 10.0 Å². The molecule has 0 aliphatic carbocycles. The third kappa shape index (κ3) is 3.51. The molecule has 1 heterocycles. The average Bonchev–Trinajstić information content (AvgIpc) is 2.42. The lowest BCUT2D eigenvalue weighted by atomic mass is 9.83. The fourth-order valence-electron chi connectivity index (χ4n) is 1.70. The van der Waals surface area contributed by atoms with Crippen molar-refractivity contribution in [1.29, 1.82) is 0 Å². The minimum absolute atomic E-state index is 0.171. The van der Waals surface area contributed by atoms with Crippen LogP contribution in [0, 0.1) is 5.41 Å². The van der Waals surface area contributed by atoms with E-state index in [1.165, 1.54) is 12.3 Å². The van der Waals surface area contributed by atoms with Crippen LogP contribution in [0.1, 0.15) is 26.7 Å². The molecule has 0 atom stereocenters. The molecular weight excluding hydrogens is 250 g/mol. The zero-order valence-corrected chi connectivity index (χ0v) is 11.7. The molecule has 0 spiro atoms. The van der Waals surface area contributed by atoms with Crippen LogP contribution in [0.15, 0.2) is 29.4 Å². The summed E-state index contributed by atoms with van der Waals surface area (Å²) in [5.74, 6) is 0. The van der Waals surface area contributed by atoms with Crippen LogP contribution in [0.4, 0.5) is 0 Å². The number of sulfonamides is 1. The first kappa shape index (κ1) is 15.1. The zero-order valence-electron chi connectivity index (χ0n) is 10.9. The van der Waals surface area contributed by atoms with Gasteiger partial charge in [0.05, 0.1) is 0 Å². The summed E-state index contributed by atoms with van der Waals surface area (Å²) < 4.78 is 26.7. The van der Waals surface area contributed by atoms with Gasteiger partial charge >= 0.3 is 0 Å². The monoisotopic (exact) mass is 271 g/mol. The third-order valence-electron chi connectivity index (χ3n) is 3.51. The smallest absolute Gasteiger partial charge is 0.242 e. The molecular formula is C12H21N3O2S.